The van der Waals surface area contributed by atoms with Crippen molar-refractivity contribution in [2.75, 3.05) is 0 Å². The average Bonchev–Trinajstić information content (AvgIpc) is 3.22. The van der Waals surface area contributed by atoms with Gasteiger partial charge in [-0.05, 0) is 36.6 Å². The summed E-state index contributed by atoms with van der Waals surface area (Å²) in [5.74, 6) is -1.32. The summed E-state index contributed by atoms with van der Waals surface area (Å²) in [4.78, 5) is 0. The van der Waals surface area contributed by atoms with Gasteiger partial charge < -0.3 is 14.4 Å². The smallest absolute Gasteiger partial charge is 0.380 e. The highest BCUT2D eigenvalue weighted by atomic mass is 19.3. The number of hydrogen-bond donors (Lipinski definition) is 0. The van der Waals surface area contributed by atoms with Crippen LogP contribution in [0.25, 0.3) is 11.5 Å². The number of benzene rings is 1. The second kappa shape index (κ2) is 6.01. The van der Waals surface area contributed by atoms with Crippen LogP contribution in [0.2, 0.25) is 0 Å². The topological polar surface area (TPSA) is 75.1 Å². The minimum atomic E-state index is -2.89. The SMILES string of the molecule is [O-][n+]1cc(-c2nnc(C(F)F)o2)ccc1OC1(c2ccc(F)cc2)CC1. The fourth-order valence-electron chi connectivity index (χ4n) is 2.63. The summed E-state index contributed by atoms with van der Waals surface area (Å²) < 4.78 is 49.2. The third-order valence-electron chi connectivity index (χ3n) is 4.13. The lowest BCUT2D eigenvalue weighted by molar-refractivity contribution is -0.614. The summed E-state index contributed by atoms with van der Waals surface area (Å²) in [6.07, 6.45) is -0.383. The highest BCUT2D eigenvalue weighted by molar-refractivity contribution is 5.50. The molecule has 0 saturated heterocycles. The third kappa shape index (κ3) is 2.96. The van der Waals surface area contributed by atoms with Gasteiger partial charge in [-0.25, -0.2) is 4.39 Å². The number of halogens is 3. The molecule has 0 radical (unpaired) electrons. The minimum absolute atomic E-state index is 0.0316. The molecule has 2 aromatic heterocycles. The van der Waals surface area contributed by atoms with Gasteiger partial charge in [-0.1, -0.05) is 12.1 Å². The van der Waals surface area contributed by atoms with Gasteiger partial charge in [-0.3, -0.25) is 0 Å². The monoisotopic (exact) mass is 363 g/mol. The highest BCUT2D eigenvalue weighted by Gasteiger charge is 2.48. The molecule has 0 aliphatic heterocycles. The van der Waals surface area contributed by atoms with Crippen molar-refractivity contribution < 1.29 is 27.1 Å². The van der Waals surface area contributed by atoms with E-state index in [2.05, 4.69) is 10.2 Å². The zero-order valence-electron chi connectivity index (χ0n) is 13.2. The number of aromatic nitrogens is 3. The van der Waals surface area contributed by atoms with Crippen molar-refractivity contribution in [1.29, 1.82) is 0 Å². The van der Waals surface area contributed by atoms with Gasteiger partial charge in [0.2, 0.25) is 0 Å². The standard InChI is InChI=1S/C17H12F3N3O3/c18-12-4-2-11(3-5-12)17(7-8-17)26-13-6-1-10(9-23(13)24)15-21-22-16(25-15)14(19)20/h1-6,9,14H,7-8H2. The highest BCUT2D eigenvalue weighted by Crippen LogP contribution is 2.48. The molecule has 0 spiro atoms. The van der Waals surface area contributed by atoms with Gasteiger partial charge in [0, 0.05) is 0 Å². The van der Waals surface area contributed by atoms with E-state index in [0.717, 1.165) is 11.8 Å². The van der Waals surface area contributed by atoms with E-state index in [9.17, 15) is 18.4 Å². The number of ether oxygens (including phenoxy) is 1. The maximum Gasteiger partial charge on any atom is 0.380 e. The van der Waals surface area contributed by atoms with Crippen molar-refractivity contribution in [3.8, 4) is 17.3 Å². The molecule has 4 rings (SSSR count). The van der Waals surface area contributed by atoms with E-state index >= 15 is 0 Å². The quantitative estimate of drug-likeness (QED) is 0.512. The van der Waals surface area contributed by atoms with Crippen LogP contribution in [-0.2, 0) is 5.60 Å². The number of nitrogens with zero attached hydrogens (tertiary/aromatic N) is 3. The van der Waals surface area contributed by atoms with E-state index in [0.29, 0.717) is 17.6 Å². The maximum absolute atomic E-state index is 13.1. The Bertz CT molecular complexity index is 940. The van der Waals surface area contributed by atoms with Crippen LogP contribution in [0.4, 0.5) is 13.2 Å². The molecular formula is C17H12F3N3O3. The Kier molecular flexibility index (Phi) is 3.78. The van der Waals surface area contributed by atoms with Gasteiger partial charge in [0.1, 0.15) is 17.0 Å². The van der Waals surface area contributed by atoms with Crippen LogP contribution in [0.1, 0.15) is 30.7 Å². The summed E-state index contributed by atoms with van der Waals surface area (Å²) in [5.41, 5.74) is 0.314. The lowest BCUT2D eigenvalue weighted by Crippen LogP contribution is -2.32. The average molecular weight is 363 g/mol. The fourth-order valence-corrected chi connectivity index (χ4v) is 2.63. The van der Waals surface area contributed by atoms with E-state index in [4.69, 9.17) is 9.15 Å². The first kappa shape index (κ1) is 16.4. The van der Waals surface area contributed by atoms with Gasteiger partial charge in [-0.15, -0.1) is 14.9 Å². The van der Waals surface area contributed by atoms with Crippen molar-refractivity contribution >= 4 is 0 Å². The van der Waals surface area contributed by atoms with Crippen molar-refractivity contribution in [1.82, 2.24) is 10.2 Å². The lowest BCUT2D eigenvalue weighted by Gasteiger charge is -2.17. The lowest BCUT2D eigenvalue weighted by atomic mass is 10.1. The summed E-state index contributed by atoms with van der Waals surface area (Å²) in [5, 5.41) is 19.0. The van der Waals surface area contributed by atoms with Crippen LogP contribution in [0, 0.1) is 11.0 Å². The van der Waals surface area contributed by atoms with Crippen LogP contribution in [0.3, 0.4) is 0 Å². The van der Waals surface area contributed by atoms with Crippen molar-refractivity contribution in [3.63, 3.8) is 0 Å². The summed E-state index contributed by atoms with van der Waals surface area (Å²) >= 11 is 0. The number of rotatable bonds is 5. The van der Waals surface area contributed by atoms with Crippen molar-refractivity contribution in [2.45, 2.75) is 24.9 Å². The Morgan fingerprint density at radius 1 is 1.12 bits per heavy atom. The maximum atomic E-state index is 13.1. The first-order valence-corrected chi connectivity index (χ1v) is 7.77. The van der Waals surface area contributed by atoms with Crippen molar-refractivity contribution in [2.24, 2.45) is 0 Å². The van der Waals surface area contributed by atoms with Gasteiger partial charge in [0.05, 0.1) is 6.07 Å². The van der Waals surface area contributed by atoms with Crippen LogP contribution < -0.4 is 9.47 Å². The second-order valence-corrected chi connectivity index (χ2v) is 5.93. The van der Waals surface area contributed by atoms with Crippen LogP contribution in [-0.4, -0.2) is 10.2 Å². The van der Waals surface area contributed by atoms with Gasteiger partial charge in [0.25, 0.3) is 11.8 Å². The Labute approximate surface area is 145 Å². The largest absolute Gasteiger partial charge is 0.616 e. The van der Waals surface area contributed by atoms with E-state index in [1.807, 2.05) is 0 Å². The molecule has 0 amide bonds. The molecule has 2 heterocycles. The van der Waals surface area contributed by atoms with Crippen LogP contribution >= 0.6 is 0 Å². The molecule has 1 aromatic carbocycles. The van der Waals surface area contributed by atoms with E-state index in [1.54, 1.807) is 12.1 Å². The van der Waals surface area contributed by atoms with Crippen LogP contribution in [0.15, 0.2) is 47.0 Å². The van der Waals surface area contributed by atoms with Gasteiger partial charge >= 0.3 is 12.3 Å². The molecule has 134 valence electrons. The summed E-state index contributed by atoms with van der Waals surface area (Å²) in [6, 6.07) is 8.78. The first-order chi connectivity index (χ1) is 12.5. The molecule has 0 bridgehead atoms. The third-order valence-corrected chi connectivity index (χ3v) is 4.13. The molecule has 0 N–H and O–H groups in total. The molecule has 0 atom stereocenters. The second-order valence-electron chi connectivity index (χ2n) is 5.93. The summed E-state index contributed by atoms with van der Waals surface area (Å²) in [6.45, 7) is 0. The first-order valence-electron chi connectivity index (χ1n) is 7.77. The van der Waals surface area contributed by atoms with E-state index in [1.165, 1.54) is 24.3 Å². The van der Waals surface area contributed by atoms with Gasteiger partial charge in [-0.2, -0.15) is 8.78 Å². The van der Waals surface area contributed by atoms with E-state index < -0.39 is 17.9 Å². The number of hydrogen-bond acceptors (Lipinski definition) is 5. The summed E-state index contributed by atoms with van der Waals surface area (Å²) in [7, 11) is 0. The molecule has 6 nitrogen and oxygen atoms in total. The van der Waals surface area contributed by atoms with E-state index in [-0.39, 0.29) is 23.2 Å². The molecular weight excluding hydrogens is 351 g/mol. The van der Waals surface area contributed by atoms with Crippen LogP contribution in [0.5, 0.6) is 5.88 Å². The number of alkyl halides is 2. The predicted octanol–water partition coefficient (Wildman–Crippen LogP) is 3.51. The molecule has 1 fully saturated rings. The molecule has 1 aliphatic rings. The predicted molar refractivity (Wildman–Crippen MR) is 81.6 cm³/mol. The normalized spacial score (nSPS) is 15.2. The number of pyridine rings is 1. The molecule has 3 aromatic rings. The van der Waals surface area contributed by atoms with Gasteiger partial charge in [0.15, 0.2) is 6.20 Å². The molecule has 26 heavy (non-hydrogen) atoms. The minimum Gasteiger partial charge on any atom is -0.616 e. The Morgan fingerprint density at radius 3 is 2.42 bits per heavy atom. The Hall–Kier alpha value is -3.10. The zero-order valence-corrected chi connectivity index (χ0v) is 13.2. The van der Waals surface area contributed by atoms with Crippen molar-refractivity contribution in [3.05, 3.63) is 65.1 Å². The molecule has 1 saturated carbocycles. The zero-order chi connectivity index (χ0) is 18.3. The molecule has 1 aliphatic carbocycles. The molecule has 9 heteroatoms. The Balaban J connectivity index is 1.57. The Morgan fingerprint density at radius 2 is 1.85 bits per heavy atom. The fraction of sp³-hybridized carbons (Fsp3) is 0.235. The molecule has 0 unspecified atom stereocenters.